The van der Waals surface area contributed by atoms with Crippen LogP contribution in [0, 0.1) is 15.9 Å². The van der Waals surface area contributed by atoms with Gasteiger partial charge in [-0.15, -0.1) is 0 Å². The lowest BCUT2D eigenvalue weighted by molar-refractivity contribution is -0.384. The number of hydrogen-bond acceptors (Lipinski definition) is 4. The third-order valence-electron chi connectivity index (χ3n) is 3.74. The van der Waals surface area contributed by atoms with Gasteiger partial charge in [-0.2, -0.15) is 0 Å². The van der Waals surface area contributed by atoms with Crippen LogP contribution in [0.2, 0.25) is 0 Å². The Kier molecular flexibility index (Phi) is 4.44. The molecule has 5 nitrogen and oxygen atoms in total. The summed E-state index contributed by atoms with van der Waals surface area (Å²) in [5.74, 6) is -0.324. The van der Waals surface area contributed by atoms with E-state index in [9.17, 15) is 14.5 Å². The first-order valence-electron chi connectivity index (χ1n) is 7.20. The molecule has 0 aliphatic rings. The van der Waals surface area contributed by atoms with E-state index in [-0.39, 0.29) is 17.5 Å². The molecule has 1 aromatic heterocycles. The van der Waals surface area contributed by atoms with Crippen molar-refractivity contribution in [3.63, 3.8) is 0 Å². The number of nitro groups is 1. The predicted molar refractivity (Wildman–Crippen MR) is 94.5 cm³/mol. The Balaban J connectivity index is 2.09. The smallest absolute Gasteiger partial charge is 0.311 e. The zero-order valence-corrected chi connectivity index (χ0v) is 14.2. The molecule has 1 atom stereocenters. The van der Waals surface area contributed by atoms with Crippen LogP contribution in [0.25, 0.3) is 10.9 Å². The average Bonchev–Trinajstić information content (AvgIpc) is 2.55. The molecule has 122 valence electrons. The second-order valence-electron chi connectivity index (χ2n) is 5.35. The SMILES string of the molecule is C[C@@H](Nc1c([N+](=O)[O-])cnc2ccc(Br)cc12)c1ccc(F)cc1. The van der Waals surface area contributed by atoms with E-state index in [4.69, 9.17) is 0 Å². The summed E-state index contributed by atoms with van der Waals surface area (Å²) in [7, 11) is 0. The van der Waals surface area contributed by atoms with Gasteiger partial charge in [-0.3, -0.25) is 10.1 Å². The van der Waals surface area contributed by atoms with E-state index >= 15 is 0 Å². The lowest BCUT2D eigenvalue weighted by Crippen LogP contribution is -2.09. The summed E-state index contributed by atoms with van der Waals surface area (Å²) >= 11 is 3.38. The van der Waals surface area contributed by atoms with Gasteiger partial charge in [0.1, 0.15) is 17.7 Å². The Morgan fingerprint density at radius 3 is 2.62 bits per heavy atom. The second kappa shape index (κ2) is 6.52. The van der Waals surface area contributed by atoms with E-state index in [1.54, 1.807) is 24.3 Å². The van der Waals surface area contributed by atoms with Gasteiger partial charge < -0.3 is 5.32 Å². The molecule has 1 N–H and O–H groups in total. The first-order valence-corrected chi connectivity index (χ1v) is 7.99. The van der Waals surface area contributed by atoms with E-state index in [0.29, 0.717) is 16.6 Å². The van der Waals surface area contributed by atoms with E-state index < -0.39 is 4.92 Å². The maximum Gasteiger partial charge on any atom is 0.311 e. The Labute approximate surface area is 145 Å². The minimum Gasteiger partial charge on any atom is -0.372 e. The molecular weight excluding hydrogens is 377 g/mol. The summed E-state index contributed by atoms with van der Waals surface area (Å²) in [6.45, 7) is 1.86. The van der Waals surface area contributed by atoms with Crippen molar-refractivity contribution in [2.75, 3.05) is 5.32 Å². The van der Waals surface area contributed by atoms with Crippen molar-refractivity contribution in [2.24, 2.45) is 0 Å². The van der Waals surface area contributed by atoms with Crippen LogP contribution in [0.1, 0.15) is 18.5 Å². The van der Waals surface area contributed by atoms with Gasteiger partial charge in [0.25, 0.3) is 0 Å². The fraction of sp³-hybridized carbons (Fsp3) is 0.118. The molecule has 0 fully saturated rings. The largest absolute Gasteiger partial charge is 0.372 e. The Bertz CT molecular complexity index is 916. The molecule has 0 amide bonds. The number of halogens is 2. The highest BCUT2D eigenvalue weighted by molar-refractivity contribution is 9.10. The van der Waals surface area contributed by atoms with Gasteiger partial charge in [0, 0.05) is 15.9 Å². The number of aromatic nitrogens is 1. The molecule has 3 aromatic rings. The molecule has 0 radical (unpaired) electrons. The van der Waals surface area contributed by atoms with Crippen molar-refractivity contribution in [3.8, 4) is 0 Å². The summed E-state index contributed by atoms with van der Waals surface area (Å²) in [6.07, 6.45) is 1.25. The molecule has 0 saturated carbocycles. The highest BCUT2D eigenvalue weighted by atomic mass is 79.9. The molecule has 0 unspecified atom stereocenters. The summed E-state index contributed by atoms with van der Waals surface area (Å²) in [5, 5.41) is 15.2. The van der Waals surface area contributed by atoms with Crippen molar-refractivity contribution in [2.45, 2.75) is 13.0 Å². The van der Waals surface area contributed by atoms with E-state index in [1.807, 2.05) is 13.0 Å². The van der Waals surface area contributed by atoms with Crippen molar-refractivity contribution in [3.05, 3.63) is 74.6 Å². The molecule has 0 aliphatic heterocycles. The van der Waals surface area contributed by atoms with Crippen molar-refractivity contribution < 1.29 is 9.31 Å². The quantitative estimate of drug-likeness (QED) is 0.490. The molecule has 1 heterocycles. The highest BCUT2D eigenvalue weighted by Crippen LogP contribution is 2.35. The lowest BCUT2D eigenvalue weighted by Gasteiger charge is -2.17. The third kappa shape index (κ3) is 3.21. The average molecular weight is 390 g/mol. The topological polar surface area (TPSA) is 68.1 Å². The lowest BCUT2D eigenvalue weighted by atomic mass is 10.1. The van der Waals surface area contributed by atoms with Crippen LogP contribution in [0.4, 0.5) is 15.8 Å². The second-order valence-corrected chi connectivity index (χ2v) is 6.27. The third-order valence-corrected chi connectivity index (χ3v) is 4.23. The summed E-state index contributed by atoms with van der Waals surface area (Å²) < 4.78 is 13.9. The molecule has 0 aliphatic carbocycles. The first kappa shape index (κ1) is 16.3. The van der Waals surface area contributed by atoms with Crippen LogP contribution in [-0.4, -0.2) is 9.91 Å². The van der Waals surface area contributed by atoms with Crippen LogP contribution in [0.3, 0.4) is 0 Å². The summed E-state index contributed by atoms with van der Waals surface area (Å²) in [6, 6.07) is 11.2. The van der Waals surface area contributed by atoms with E-state index in [1.165, 1.54) is 18.3 Å². The number of rotatable bonds is 4. The number of hydrogen-bond donors (Lipinski definition) is 1. The number of anilines is 1. The fourth-order valence-electron chi connectivity index (χ4n) is 2.50. The Hall–Kier alpha value is -2.54. The van der Waals surface area contributed by atoms with E-state index in [2.05, 4.69) is 26.2 Å². The standard InChI is InChI=1S/C17H13BrFN3O2/c1-10(11-2-5-13(19)6-3-11)21-17-14-8-12(18)4-7-15(14)20-9-16(17)22(23)24/h2-10H,1H3,(H,20,21)/t10-/m1/s1. The van der Waals surface area contributed by atoms with Crippen molar-refractivity contribution >= 4 is 38.2 Å². The molecular formula is C17H13BrFN3O2. The van der Waals surface area contributed by atoms with Gasteiger partial charge in [0.2, 0.25) is 0 Å². The first-order chi connectivity index (χ1) is 11.5. The summed E-state index contributed by atoms with van der Waals surface area (Å²) in [5.41, 5.74) is 1.76. The van der Waals surface area contributed by atoms with Crippen LogP contribution in [-0.2, 0) is 0 Å². The minimum absolute atomic E-state index is 0.102. The Morgan fingerprint density at radius 1 is 1.25 bits per heavy atom. The number of benzene rings is 2. The predicted octanol–water partition coefficient (Wildman–Crippen LogP) is 5.22. The molecule has 3 rings (SSSR count). The van der Waals surface area contributed by atoms with Gasteiger partial charge in [-0.25, -0.2) is 9.37 Å². The number of nitrogens with zero attached hydrogens (tertiary/aromatic N) is 2. The molecule has 0 bridgehead atoms. The zero-order valence-electron chi connectivity index (χ0n) is 12.7. The molecule has 7 heteroatoms. The van der Waals surface area contributed by atoms with Crippen molar-refractivity contribution in [1.29, 1.82) is 0 Å². The van der Waals surface area contributed by atoms with Gasteiger partial charge in [-0.05, 0) is 42.8 Å². The van der Waals surface area contributed by atoms with Gasteiger partial charge >= 0.3 is 5.69 Å². The molecule has 0 saturated heterocycles. The highest BCUT2D eigenvalue weighted by Gasteiger charge is 2.20. The van der Waals surface area contributed by atoms with Crippen LogP contribution in [0.5, 0.6) is 0 Å². The van der Waals surface area contributed by atoms with Gasteiger partial charge in [0.05, 0.1) is 10.4 Å². The van der Waals surface area contributed by atoms with E-state index in [0.717, 1.165) is 10.0 Å². The molecule has 24 heavy (non-hydrogen) atoms. The maximum atomic E-state index is 13.1. The number of pyridine rings is 1. The van der Waals surface area contributed by atoms with Gasteiger partial charge in [0.15, 0.2) is 0 Å². The van der Waals surface area contributed by atoms with Crippen LogP contribution in [0.15, 0.2) is 53.1 Å². The number of nitrogens with one attached hydrogen (secondary N) is 1. The van der Waals surface area contributed by atoms with Crippen LogP contribution < -0.4 is 5.32 Å². The number of fused-ring (bicyclic) bond motifs is 1. The maximum absolute atomic E-state index is 13.1. The fourth-order valence-corrected chi connectivity index (χ4v) is 2.86. The van der Waals surface area contributed by atoms with Crippen LogP contribution >= 0.6 is 15.9 Å². The zero-order chi connectivity index (χ0) is 17.3. The summed E-state index contributed by atoms with van der Waals surface area (Å²) in [4.78, 5) is 15.1. The molecule has 0 spiro atoms. The van der Waals surface area contributed by atoms with Crippen molar-refractivity contribution in [1.82, 2.24) is 4.98 Å². The van der Waals surface area contributed by atoms with Gasteiger partial charge in [-0.1, -0.05) is 28.1 Å². The molecule has 2 aromatic carbocycles. The monoisotopic (exact) mass is 389 g/mol. The Morgan fingerprint density at radius 2 is 1.96 bits per heavy atom. The minimum atomic E-state index is -0.465. The normalized spacial score (nSPS) is 12.1.